The van der Waals surface area contributed by atoms with Crippen molar-refractivity contribution in [3.63, 3.8) is 0 Å². The van der Waals surface area contributed by atoms with Gasteiger partial charge in [-0.1, -0.05) is 0 Å². The van der Waals surface area contributed by atoms with Gasteiger partial charge in [0, 0.05) is 32.2 Å². The summed E-state index contributed by atoms with van der Waals surface area (Å²) in [4.78, 5) is 16.7. The molecule has 102 valence electrons. The Hall–Kier alpha value is -0.610. The largest absolute Gasteiger partial charge is 0.342 e. The van der Waals surface area contributed by atoms with E-state index in [0.717, 1.165) is 38.6 Å². The molecule has 2 bridgehead atoms. The molecule has 4 saturated heterocycles. The smallest absolute Gasteiger partial charge is 0.236 e. The summed E-state index contributed by atoms with van der Waals surface area (Å²) in [6.07, 6.45) is 6.31. The van der Waals surface area contributed by atoms with Gasteiger partial charge in [-0.3, -0.25) is 9.69 Å². The molecule has 4 fully saturated rings. The molecule has 4 heteroatoms. The molecule has 4 nitrogen and oxygen atoms in total. The molecule has 0 radical (unpaired) electrons. The average molecular weight is 251 g/mol. The van der Waals surface area contributed by atoms with E-state index in [0.29, 0.717) is 18.5 Å². The van der Waals surface area contributed by atoms with Gasteiger partial charge in [-0.15, -0.1) is 0 Å². The number of likely N-dealkylation sites (tertiary alicyclic amines) is 1. The molecule has 4 rings (SSSR count). The second kappa shape index (κ2) is 5.57. The third kappa shape index (κ3) is 2.86. The van der Waals surface area contributed by atoms with E-state index in [2.05, 4.69) is 15.1 Å². The van der Waals surface area contributed by atoms with Crippen LogP contribution in [0.4, 0.5) is 0 Å². The number of hydrogen-bond donors (Lipinski definition) is 1. The van der Waals surface area contributed by atoms with Crippen molar-refractivity contribution in [2.24, 2.45) is 5.92 Å². The van der Waals surface area contributed by atoms with Gasteiger partial charge in [-0.25, -0.2) is 0 Å². The topological polar surface area (TPSA) is 35.6 Å². The molecule has 0 aliphatic carbocycles. The van der Waals surface area contributed by atoms with Gasteiger partial charge in [-0.05, 0) is 44.6 Å². The van der Waals surface area contributed by atoms with Crippen LogP contribution >= 0.6 is 0 Å². The van der Waals surface area contributed by atoms with Crippen molar-refractivity contribution < 1.29 is 4.79 Å². The molecule has 4 heterocycles. The van der Waals surface area contributed by atoms with Crippen LogP contribution in [0, 0.1) is 5.92 Å². The second-order valence-electron chi connectivity index (χ2n) is 6.18. The van der Waals surface area contributed by atoms with Gasteiger partial charge in [0.25, 0.3) is 0 Å². The van der Waals surface area contributed by atoms with E-state index in [1.54, 1.807) is 0 Å². The minimum atomic E-state index is 0.357. The molecule has 4 aliphatic rings. The van der Waals surface area contributed by atoms with Crippen molar-refractivity contribution in [1.29, 1.82) is 0 Å². The molecule has 2 atom stereocenters. The number of amides is 1. The number of hydrogen-bond acceptors (Lipinski definition) is 3. The lowest BCUT2D eigenvalue weighted by molar-refractivity contribution is -0.133. The molecule has 0 aromatic heterocycles. The third-order valence-electron chi connectivity index (χ3n) is 4.68. The minimum Gasteiger partial charge on any atom is -0.342 e. The van der Waals surface area contributed by atoms with Crippen LogP contribution in [-0.2, 0) is 4.79 Å². The van der Waals surface area contributed by atoms with Crippen LogP contribution in [0.25, 0.3) is 0 Å². The number of nitrogens with zero attached hydrogens (tertiary/aromatic N) is 2. The van der Waals surface area contributed by atoms with E-state index >= 15 is 0 Å². The van der Waals surface area contributed by atoms with Gasteiger partial charge >= 0.3 is 0 Å². The Morgan fingerprint density at radius 3 is 2.67 bits per heavy atom. The fraction of sp³-hybridized carbons (Fsp3) is 0.929. The highest BCUT2D eigenvalue weighted by Crippen LogP contribution is 2.21. The summed E-state index contributed by atoms with van der Waals surface area (Å²) < 4.78 is 0. The van der Waals surface area contributed by atoms with Gasteiger partial charge in [0.2, 0.25) is 5.91 Å². The lowest BCUT2D eigenvalue weighted by Gasteiger charge is -2.30. The standard InChI is InChI=1S/C14H25N3O/c18-14(17-6-2-1-3-7-17)11-16-9-12-4-5-13(10-16)15-8-12/h12-13,15H,1-11H2/t12-,13-/m0/s1. The number of carbonyl (C=O) groups excluding carboxylic acids is 1. The normalized spacial score (nSPS) is 33.4. The van der Waals surface area contributed by atoms with E-state index in [-0.39, 0.29) is 0 Å². The van der Waals surface area contributed by atoms with Gasteiger partial charge < -0.3 is 10.2 Å². The minimum absolute atomic E-state index is 0.357. The number of carbonyl (C=O) groups is 1. The predicted molar refractivity (Wildman–Crippen MR) is 71.4 cm³/mol. The van der Waals surface area contributed by atoms with Crippen molar-refractivity contribution in [2.75, 3.05) is 39.3 Å². The summed E-state index contributed by atoms with van der Waals surface area (Å²) in [7, 11) is 0. The maximum absolute atomic E-state index is 12.3. The van der Waals surface area contributed by atoms with Crippen LogP contribution in [0.2, 0.25) is 0 Å². The van der Waals surface area contributed by atoms with Crippen LogP contribution in [0.15, 0.2) is 0 Å². The monoisotopic (exact) mass is 251 g/mol. The van der Waals surface area contributed by atoms with Gasteiger partial charge in [-0.2, -0.15) is 0 Å². The molecule has 1 N–H and O–H groups in total. The zero-order chi connectivity index (χ0) is 12.4. The van der Waals surface area contributed by atoms with Crippen molar-refractivity contribution >= 4 is 5.91 Å². The number of rotatable bonds is 2. The molecule has 0 unspecified atom stereocenters. The Balaban J connectivity index is 1.53. The first-order chi connectivity index (χ1) is 8.81. The molecule has 18 heavy (non-hydrogen) atoms. The van der Waals surface area contributed by atoms with E-state index < -0.39 is 0 Å². The highest BCUT2D eigenvalue weighted by molar-refractivity contribution is 5.78. The van der Waals surface area contributed by atoms with Crippen LogP contribution in [-0.4, -0.2) is 61.0 Å². The lowest BCUT2D eigenvalue weighted by Crippen LogP contribution is -2.45. The summed E-state index contributed by atoms with van der Waals surface area (Å²) in [5.74, 6) is 1.12. The fourth-order valence-corrected chi connectivity index (χ4v) is 3.60. The maximum Gasteiger partial charge on any atom is 0.236 e. The van der Waals surface area contributed by atoms with Gasteiger partial charge in [0.15, 0.2) is 0 Å². The van der Waals surface area contributed by atoms with E-state index in [4.69, 9.17) is 0 Å². The van der Waals surface area contributed by atoms with Crippen molar-refractivity contribution in [1.82, 2.24) is 15.1 Å². The van der Waals surface area contributed by atoms with Crippen LogP contribution in [0.3, 0.4) is 0 Å². The number of fused-ring (bicyclic) bond motifs is 4. The Morgan fingerprint density at radius 2 is 1.94 bits per heavy atom. The van der Waals surface area contributed by atoms with Crippen molar-refractivity contribution in [2.45, 2.75) is 38.1 Å². The molecule has 1 amide bonds. The molecule has 0 aromatic carbocycles. The first kappa shape index (κ1) is 12.4. The Kier molecular flexibility index (Phi) is 3.85. The molecule has 4 aliphatic heterocycles. The predicted octanol–water partition coefficient (Wildman–Crippen LogP) is 0.683. The van der Waals surface area contributed by atoms with Crippen LogP contribution < -0.4 is 5.32 Å². The number of nitrogens with one attached hydrogen (secondary N) is 1. The van der Waals surface area contributed by atoms with E-state index in [1.165, 1.54) is 32.1 Å². The Bertz CT molecular complexity index is 279. The fourth-order valence-electron chi connectivity index (χ4n) is 3.60. The van der Waals surface area contributed by atoms with Crippen LogP contribution in [0.1, 0.15) is 32.1 Å². The molecule has 0 aromatic rings. The molecule has 0 spiro atoms. The highest BCUT2D eigenvalue weighted by Gasteiger charge is 2.30. The van der Waals surface area contributed by atoms with E-state index in [9.17, 15) is 4.79 Å². The highest BCUT2D eigenvalue weighted by atomic mass is 16.2. The summed E-state index contributed by atoms with van der Waals surface area (Å²) >= 11 is 0. The summed E-state index contributed by atoms with van der Waals surface area (Å²) in [6, 6.07) is 0.623. The summed E-state index contributed by atoms with van der Waals surface area (Å²) in [5, 5.41) is 3.60. The zero-order valence-corrected chi connectivity index (χ0v) is 11.2. The number of piperidine rings is 2. The first-order valence-corrected chi connectivity index (χ1v) is 7.55. The Labute approximate surface area is 110 Å². The van der Waals surface area contributed by atoms with Crippen LogP contribution in [0.5, 0.6) is 0 Å². The molecular weight excluding hydrogens is 226 g/mol. The quantitative estimate of drug-likeness (QED) is 0.784. The van der Waals surface area contributed by atoms with Crippen molar-refractivity contribution in [3.8, 4) is 0 Å². The summed E-state index contributed by atoms with van der Waals surface area (Å²) in [5.41, 5.74) is 0. The Morgan fingerprint density at radius 1 is 1.11 bits per heavy atom. The molecular formula is C14H25N3O. The lowest BCUT2D eigenvalue weighted by atomic mass is 9.97. The first-order valence-electron chi connectivity index (χ1n) is 7.55. The van der Waals surface area contributed by atoms with Gasteiger partial charge in [0.05, 0.1) is 6.54 Å². The van der Waals surface area contributed by atoms with E-state index in [1.807, 2.05) is 0 Å². The van der Waals surface area contributed by atoms with Crippen molar-refractivity contribution in [3.05, 3.63) is 0 Å². The SMILES string of the molecule is O=C(CN1C[C@H]2CC[C@@H](C1)NC2)N1CCCCC1. The summed E-state index contributed by atoms with van der Waals surface area (Å²) in [6.45, 7) is 5.95. The zero-order valence-electron chi connectivity index (χ0n) is 11.2. The van der Waals surface area contributed by atoms with Gasteiger partial charge in [0.1, 0.15) is 0 Å². The molecule has 0 saturated carbocycles. The second-order valence-corrected chi connectivity index (χ2v) is 6.18. The maximum atomic E-state index is 12.3. The third-order valence-corrected chi connectivity index (χ3v) is 4.68. The average Bonchev–Trinajstić information content (AvgIpc) is 2.72.